The Morgan fingerprint density at radius 2 is 2.18 bits per heavy atom. The van der Waals surface area contributed by atoms with Gasteiger partial charge >= 0.3 is 29.6 Å². The van der Waals surface area contributed by atoms with Crippen molar-refractivity contribution in [3.63, 3.8) is 0 Å². The molecule has 11 heavy (non-hydrogen) atoms. The summed E-state index contributed by atoms with van der Waals surface area (Å²) in [5, 5.41) is 11.1. The minimum absolute atomic E-state index is 0. The van der Waals surface area contributed by atoms with Crippen molar-refractivity contribution in [1.82, 2.24) is 20.3 Å². The van der Waals surface area contributed by atoms with Crippen LogP contribution in [-0.2, 0) is 0 Å². The summed E-state index contributed by atoms with van der Waals surface area (Å²) in [6.07, 6.45) is 0. The van der Waals surface area contributed by atoms with E-state index < -0.39 is 0 Å². The summed E-state index contributed by atoms with van der Waals surface area (Å²) in [5.74, 6) is 0. The fourth-order valence-electron chi connectivity index (χ4n) is 0.510. The summed E-state index contributed by atoms with van der Waals surface area (Å²) < 4.78 is 0. The van der Waals surface area contributed by atoms with Crippen molar-refractivity contribution in [2.75, 3.05) is 5.43 Å². The summed E-state index contributed by atoms with van der Waals surface area (Å²) in [6, 6.07) is 0.300. The van der Waals surface area contributed by atoms with E-state index in [1.54, 1.807) is 0 Å². The van der Waals surface area contributed by atoms with Crippen molar-refractivity contribution in [2.24, 2.45) is 0 Å². The van der Waals surface area contributed by atoms with E-state index in [2.05, 4.69) is 33.6 Å². The van der Waals surface area contributed by atoms with Gasteiger partial charge in [-0.15, -0.1) is 4.79 Å². The van der Waals surface area contributed by atoms with Gasteiger partial charge in [0.2, 0.25) is 5.16 Å². The second-order valence-corrected chi connectivity index (χ2v) is 2.57. The average Bonchev–Trinajstić information content (AvgIpc) is 2.15. The van der Waals surface area contributed by atoms with Crippen LogP contribution >= 0.6 is 12.6 Å². The Kier molecular flexibility index (Phi) is 5.07. The van der Waals surface area contributed by atoms with E-state index in [0.29, 0.717) is 11.2 Å². The molecule has 7 heteroatoms. The van der Waals surface area contributed by atoms with Gasteiger partial charge in [0.15, 0.2) is 0 Å². The Balaban J connectivity index is 0.000001000. The van der Waals surface area contributed by atoms with Gasteiger partial charge < -0.3 is 5.43 Å². The molecule has 1 rings (SSSR count). The Labute approximate surface area is 92.6 Å². The Hall–Kier alpha value is 0.220. The summed E-state index contributed by atoms with van der Waals surface area (Å²) in [4.78, 5) is 1.42. The van der Waals surface area contributed by atoms with Gasteiger partial charge in [0.05, 0.1) is 0 Å². The van der Waals surface area contributed by atoms with E-state index in [9.17, 15) is 0 Å². The second-order valence-electron chi connectivity index (χ2n) is 2.17. The van der Waals surface area contributed by atoms with Crippen LogP contribution < -0.4 is 5.43 Å². The van der Waals surface area contributed by atoms with Crippen molar-refractivity contribution in [3.8, 4) is 0 Å². The topological polar surface area (TPSA) is 55.6 Å². The van der Waals surface area contributed by atoms with Gasteiger partial charge in [-0.05, 0) is 24.3 Å². The molecule has 0 saturated heterocycles. The first-order valence-corrected chi connectivity index (χ1v) is 3.39. The second kappa shape index (κ2) is 4.97. The molecule has 0 amide bonds. The molecule has 1 N–H and O–H groups in total. The molecule has 0 radical (unpaired) electrons. The summed E-state index contributed by atoms with van der Waals surface area (Å²) in [5.41, 5.74) is 2.96. The SMILES string of the molecule is CC(C)Nn1nnnc1S.[NaH]. The molecule has 1 aromatic heterocycles. The zero-order valence-electron chi connectivity index (χ0n) is 5.81. The van der Waals surface area contributed by atoms with E-state index >= 15 is 0 Å². The minimum atomic E-state index is 0. The molecule has 0 aliphatic carbocycles. The fourth-order valence-corrected chi connectivity index (χ4v) is 0.648. The number of tetrazole rings is 1. The van der Waals surface area contributed by atoms with Gasteiger partial charge in [0.25, 0.3) is 0 Å². The first-order valence-electron chi connectivity index (χ1n) is 2.94. The van der Waals surface area contributed by atoms with Gasteiger partial charge in [0, 0.05) is 6.04 Å². The van der Waals surface area contributed by atoms with Crippen LogP contribution in [0.3, 0.4) is 0 Å². The van der Waals surface area contributed by atoms with Crippen LogP contribution in [0, 0.1) is 0 Å². The predicted octanol–water partition coefficient (Wildman–Crippen LogP) is -0.735. The predicted molar refractivity (Wildman–Crippen MR) is 46.7 cm³/mol. The van der Waals surface area contributed by atoms with Gasteiger partial charge in [-0.3, -0.25) is 0 Å². The maximum atomic E-state index is 3.99. The van der Waals surface area contributed by atoms with Gasteiger partial charge in [-0.2, -0.15) is 0 Å². The zero-order chi connectivity index (χ0) is 7.56. The molecule has 0 saturated carbocycles. The zero-order valence-corrected chi connectivity index (χ0v) is 6.71. The molecule has 5 nitrogen and oxygen atoms in total. The number of nitrogens with one attached hydrogen (secondary N) is 1. The van der Waals surface area contributed by atoms with E-state index in [1.165, 1.54) is 4.79 Å². The van der Waals surface area contributed by atoms with Crippen LogP contribution in [-0.4, -0.2) is 55.9 Å². The first kappa shape index (κ1) is 11.2. The molecule has 0 atom stereocenters. The van der Waals surface area contributed by atoms with E-state index in [-0.39, 0.29) is 29.6 Å². The Morgan fingerprint density at radius 1 is 1.55 bits per heavy atom. The molecule has 0 aliphatic heterocycles. The number of rotatable bonds is 2. The molecule has 1 aromatic rings. The molecule has 0 spiro atoms. The monoisotopic (exact) mass is 183 g/mol. The van der Waals surface area contributed by atoms with Gasteiger partial charge in [-0.1, -0.05) is 17.7 Å². The number of hydrogen-bond donors (Lipinski definition) is 2. The van der Waals surface area contributed by atoms with Crippen molar-refractivity contribution >= 4 is 42.2 Å². The molecule has 58 valence electrons. The van der Waals surface area contributed by atoms with E-state index in [1.807, 2.05) is 13.8 Å². The molecule has 0 unspecified atom stereocenters. The summed E-state index contributed by atoms with van der Waals surface area (Å²) in [7, 11) is 0. The standard InChI is InChI=1S/C4H9N5S.Na.H/c1-3(2)6-9-4(10)5-7-8-9;;/h3,6H,1-2H3,(H,5,8,10);;. The van der Waals surface area contributed by atoms with E-state index in [0.717, 1.165) is 0 Å². The number of aromatic nitrogens is 4. The molecule has 1 heterocycles. The van der Waals surface area contributed by atoms with Crippen molar-refractivity contribution in [3.05, 3.63) is 0 Å². The average molecular weight is 183 g/mol. The van der Waals surface area contributed by atoms with Crippen LogP contribution in [0.1, 0.15) is 13.8 Å². The third kappa shape index (κ3) is 3.42. The normalized spacial score (nSPS) is 9.45. The van der Waals surface area contributed by atoms with Gasteiger partial charge in [-0.25, -0.2) is 0 Å². The van der Waals surface area contributed by atoms with Crippen LogP contribution in [0.5, 0.6) is 0 Å². The number of thiol groups is 1. The fraction of sp³-hybridized carbons (Fsp3) is 0.750. The number of nitrogens with zero attached hydrogens (tertiary/aromatic N) is 4. The molecule has 0 aliphatic rings. The maximum absolute atomic E-state index is 3.99. The van der Waals surface area contributed by atoms with Crippen LogP contribution in [0.4, 0.5) is 0 Å². The third-order valence-electron chi connectivity index (χ3n) is 0.834. The molecular weight excluding hydrogens is 173 g/mol. The quantitative estimate of drug-likeness (QED) is 0.468. The van der Waals surface area contributed by atoms with Crippen molar-refractivity contribution in [1.29, 1.82) is 0 Å². The van der Waals surface area contributed by atoms with Crippen LogP contribution in [0.25, 0.3) is 0 Å². The van der Waals surface area contributed by atoms with E-state index in [4.69, 9.17) is 0 Å². The molecule has 0 fully saturated rings. The molecular formula is C4H10N5NaS. The molecule has 0 bridgehead atoms. The van der Waals surface area contributed by atoms with Crippen LogP contribution in [0.2, 0.25) is 0 Å². The van der Waals surface area contributed by atoms with Crippen molar-refractivity contribution in [2.45, 2.75) is 25.0 Å². The first-order chi connectivity index (χ1) is 4.70. The van der Waals surface area contributed by atoms with Crippen LogP contribution in [0.15, 0.2) is 5.16 Å². The Bertz CT molecular complexity index is 212. The third-order valence-corrected chi connectivity index (χ3v) is 1.11. The Morgan fingerprint density at radius 3 is 2.55 bits per heavy atom. The summed E-state index contributed by atoms with van der Waals surface area (Å²) in [6.45, 7) is 3.99. The number of hydrogen-bond acceptors (Lipinski definition) is 5. The molecule has 0 aromatic carbocycles. The van der Waals surface area contributed by atoms with Crippen molar-refractivity contribution < 1.29 is 0 Å². The summed E-state index contributed by atoms with van der Waals surface area (Å²) >= 11 is 3.99. The van der Waals surface area contributed by atoms with Gasteiger partial charge in [0.1, 0.15) is 0 Å².